The zero-order valence-corrected chi connectivity index (χ0v) is 25.2. The van der Waals surface area contributed by atoms with Crippen molar-refractivity contribution in [2.24, 2.45) is 5.92 Å². The van der Waals surface area contributed by atoms with Crippen LogP contribution < -0.4 is 25.2 Å². The Hall–Kier alpha value is -5.00. The third-order valence-electron chi connectivity index (χ3n) is 7.56. The van der Waals surface area contributed by atoms with Crippen molar-refractivity contribution in [3.63, 3.8) is 0 Å². The smallest absolute Gasteiger partial charge is 0.337 e. The van der Waals surface area contributed by atoms with Crippen LogP contribution >= 0.6 is 0 Å². The number of amides is 4. The molecule has 0 radical (unpaired) electrons. The van der Waals surface area contributed by atoms with Crippen molar-refractivity contribution in [3.8, 4) is 5.75 Å². The van der Waals surface area contributed by atoms with Gasteiger partial charge in [-0.2, -0.15) is 0 Å². The molecule has 10 nitrogen and oxygen atoms in total. The highest BCUT2D eigenvalue weighted by Crippen LogP contribution is 2.32. The van der Waals surface area contributed by atoms with Gasteiger partial charge in [0.1, 0.15) is 23.1 Å². The SMILES string of the molecule is COC(=O)c1cccc(NC(=O)NCC(=O)N(CC2CCCCC2)c2ccccc2OCC(=O)N(C)c2c(F)cccc2F)c1. The van der Waals surface area contributed by atoms with E-state index in [4.69, 9.17) is 9.47 Å². The number of anilines is 3. The van der Waals surface area contributed by atoms with Crippen molar-refractivity contribution >= 4 is 40.9 Å². The number of carbonyl (C=O) groups is 4. The highest BCUT2D eigenvalue weighted by Gasteiger charge is 2.26. The monoisotopic (exact) mass is 622 g/mol. The summed E-state index contributed by atoms with van der Waals surface area (Å²) < 4.78 is 39.0. The molecule has 3 aromatic carbocycles. The van der Waals surface area contributed by atoms with E-state index in [9.17, 15) is 28.0 Å². The highest BCUT2D eigenvalue weighted by atomic mass is 19.1. The van der Waals surface area contributed by atoms with Gasteiger partial charge in [0.2, 0.25) is 5.91 Å². The number of nitrogens with one attached hydrogen (secondary N) is 2. The minimum absolute atomic E-state index is 0.224. The Morgan fingerprint density at radius 1 is 0.889 bits per heavy atom. The van der Waals surface area contributed by atoms with E-state index in [1.54, 1.807) is 42.5 Å². The number of methoxy groups -OCH3 is 1. The van der Waals surface area contributed by atoms with E-state index in [0.29, 0.717) is 17.9 Å². The molecule has 0 aromatic heterocycles. The number of likely N-dealkylation sites (N-methyl/N-ethyl adjacent to an activating group) is 1. The van der Waals surface area contributed by atoms with Gasteiger partial charge in [0.25, 0.3) is 5.91 Å². The Labute approximate surface area is 260 Å². The molecule has 1 fully saturated rings. The van der Waals surface area contributed by atoms with Crippen molar-refractivity contribution in [1.82, 2.24) is 5.32 Å². The van der Waals surface area contributed by atoms with Crippen molar-refractivity contribution in [3.05, 3.63) is 83.9 Å². The number of carbonyl (C=O) groups excluding carboxylic acids is 4. The lowest BCUT2D eigenvalue weighted by atomic mass is 9.89. The van der Waals surface area contributed by atoms with E-state index >= 15 is 0 Å². The zero-order chi connectivity index (χ0) is 32.3. The molecule has 0 bridgehead atoms. The van der Waals surface area contributed by atoms with Gasteiger partial charge in [0.15, 0.2) is 6.61 Å². The fourth-order valence-electron chi connectivity index (χ4n) is 5.20. The molecule has 4 amide bonds. The lowest BCUT2D eigenvalue weighted by Gasteiger charge is -2.31. The first kappa shape index (κ1) is 32.9. The summed E-state index contributed by atoms with van der Waals surface area (Å²) in [7, 11) is 2.51. The number of benzene rings is 3. The fourth-order valence-corrected chi connectivity index (χ4v) is 5.20. The van der Waals surface area contributed by atoms with Gasteiger partial charge in [0.05, 0.1) is 24.9 Å². The third kappa shape index (κ3) is 8.78. The standard InChI is InChI=1S/C33H36F2N4O6/c1-38(31-25(34)14-9-15-26(31)35)30(41)21-45-28-17-7-6-16-27(28)39(20-22-10-4-3-5-11-22)29(40)19-36-33(43)37-24-13-8-12-23(18-24)32(42)44-2/h6-9,12-18,22H,3-5,10-11,19-21H2,1-2H3,(H2,36,37,43). The zero-order valence-electron chi connectivity index (χ0n) is 25.2. The molecular formula is C33H36F2N4O6. The Morgan fingerprint density at radius 3 is 2.29 bits per heavy atom. The highest BCUT2D eigenvalue weighted by molar-refractivity contribution is 6.00. The van der Waals surface area contributed by atoms with Crippen molar-refractivity contribution in [2.75, 3.05) is 49.0 Å². The van der Waals surface area contributed by atoms with Crippen molar-refractivity contribution < 1.29 is 37.4 Å². The van der Waals surface area contributed by atoms with Gasteiger partial charge in [-0.25, -0.2) is 18.4 Å². The van der Waals surface area contributed by atoms with Crippen LogP contribution in [-0.2, 0) is 14.3 Å². The van der Waals surface area contributed by atoms with E-state index in [-0.39, 0.29) is 23.8 Å². The molecule has 0 atom stereocenters. The topological polar surface area (TPSA) is 117 Å². The number of hydrogen-bond donors (Lipinski definition) is 2. The number of ether oxygens (including phenoxy) is 2. The van der Waals surface area contributed by atoms with Gasteiger partial charge in [-0.1, -0.05) is 43.5 Å². The summed E-state index contributed by atoms with van der Waals surface area (Å²) in [6.45, 7) is -0.520. The molecule has 4 rings (SSSR count). The van der Waals surface area contributed by atoms with Crippen LogP contribution in [0.5, 0.6) is 5.75 Å². The van der Waals surface area contributed by atoms with Crippen molar-refractivity contribution in [2.45, 2.75) is 32.1 Å². The average Bonchev–Trinajstić information content (AvgIpc) is 3.05. The number of urea groups is 1. The number of para-hydroxylation sites is 3. The molecule has 1 saturated carbocycles. The predicted octanol–water partition coefficient (Wildman–Crippen LogP) is 5.53. The molecular weight excluding hydrogens is 586 g/mol. The van der Waals surface area contributed by atoms with Crippen molar-refractivity contribution in [1.29, 1.82) is 0 Å². The lowest BCUT2D eigenvalue weighted by molar-refractivity contribution is -0.120. The molecule has 238 valence electrons. The number of esters is 1. The Bertz CT molecular complexity index is 1510. The summed E-state index contributed by atoms with van der Waals surface area (Å²) in [5, 5.41) is 5.17. The summed E-state index contributed by atoms with van der Waals surface area (Å²) >= 11 is 0. The van der Waals surface area contributed by atoms with Gasteiger partial charge in [0, 0.05) is 19.3 Å². The minimum atomic E-state index is -0.886. The Balaban J connectivity index is 1.47. The fraction of sp³-hybridized carbons (Fsp3) is 0.333. The largest absolute Gasteiger partial charge is 0.482 e. The summed E-state index contributed by atoms with van der Waals surface area (Å²) in [5.41, 5.74) is 0.499. The second-order valence-electron chi connectivity index (χ2n) is 10.7. The van der Waals surface area contributed by atoms with E-state index in [2.05, 4.69) is 10.6 Å². The molecule has 45 heavy (non-hydrogen) atoms. The van der Waals surface area contributed by atoms with Crippen LogP contribution in [0.4, 0.5) is 30.6 Å². The van der Waals surface area contributed by atoms with Crippen LogP contribution in [0.2, 0.25) is 0 Å². The van der Waals surface area contributed by atoms with E-state index in [1.807, 2.05) is 0 Å². The first-order valence-electron chi connectivity index (χ1n) is 14.6. The van der Waals surface area contributed by atoms with Crippen LogP contribution in [0.3, 0.4) is 0 Å². The molecule has 2 N–H and O–H groups in total. The third-order valence-corrected chi connectivity index (χ3v) is 7.56. The number of hydrogen-bond acceptors (Lipinski definition) is 6. The molecule has 0 saturated heterocycles. The lowest BCUT2D eigenvalue weighted by Crippen LogP contribution is -2.44. The number of rotatable bonds is 11. The maximum Gasteiger partial charge on any atom is 0.337 e. The van der Waals surface area contributed by atoms with Crippen LogP contribution in [0.1, 0.15) is 42.5 Å². The number of nitrogens with zero attached hydrogens (tertiary/aromatic N) is 2. The second kappa shape index (κ2) is 15.6. The molecule has 0 unspecified atom stereocenters. The van der Waals surface area contributed by atoms with E-state index in [0.717, 1.165) is 49.1 Å². The second-order valence-corrected chi connectivity index (χ2v) is 10.7. The van der Waals surface area contributed by atoms with Crippen LogP contribution in [-0.4, -0.2) is 57.7 Å². The normalized spacial score (nSPS) is 13.0. The first-order chi connectivity index (χ1) is 21.7. The van der Waals surface area contributed by atoms with Gasteiger partial charge < -0.3 is 29.9 Å². The molecule has 0 heterocycles. The Morgan fingerprint density at radius 2 is 1.58 bits per heavy atom. The molecule has 0 aliphatic heterocycles. The summed E-state index contributed by atoms with van der Waals surface area (Å²) in [4.78, 5) is 53.3. The van der Waals surface area contributed by atoms with Gasteiger partial charge in [-0.05, 0) is 61.2 Å². The maximum atomic E-state index is 14.3. The average molecular weight is 623 g/mol. The molecule has 12 heteroatoms. The van der Waals surface area contributed by atoms with Gasteiger partial charge >= 0.3 is 12.0 Å². The summed E-state index contributed by atoms with van der Waals surface area (Å²) in [6.07, 6.45) is 5.10. The Kier molecular flexibility index (Phi) is 11.4. The van der Waals surface area contributed by atoms with Gasteiger partial charge in [-0.3, -0.25) is 9.59 Å². The van der Waals surface area contributed by atoms with Crippen LogP contribution in [0.15, 0.2) is 66.7 Å². The van der Waals surface area contributed by atoms with E-state index in [1.165, 1.54) is 31.2 Å². The summed E-state index contributed by atoms with van der Waals surface area (Å²) in [5.74, 6) is -2.99. The van der Waals surface area contributed by atoms with E-state index < -0.39 is 47.7 Å². The minimum Gasteiger partial charge on any atom is -0.482 e. The molecule has 3 aromatic rings. The predicted molar refractivity (Wildman–Crippen MR) is 165 cm³/mol. The first-order valence-corrected chi connectivity index (χ1v) is 14.6. The maximum absolute atomic E-state index is 14.3. The quantitative estimate of drug-likeness (QED) is 0.272. The molecule has 1 aliphatic rings. The van der Waals surface area contributed by atoms with Crippen LogP contribution in [0.25, 0.3) is 0 Å². The summed E-state index contributed by atoms with van der Waals surface area (Å²) in [6, 6.07) is 15.5. The molecule has 0 spiro atoms. The van der Waals surface area contributed by atoms with Crippen LogP contribution in [0, 0.1) is 17.6 Å². The number of halogens is 2. The molecule has 1 aliphatic carbocycles. The van der Waals surface area contributed by atoms with Gasteiger partial charge in [-0.15, -0.1) is 0 Å².